The molecule has 4 rings (SSSR count). The van der Waals surface area contributed by atoms with Gasteiger partial charge in [0, 0.05) is 53.8 Å². The van der Waals surface area contributed by atoms with Crippen molar-refractivity contribution in [3.63, 3.8) is 0 Å². The van der Waals surface area contributed by atoms with Crippen LogP contribution in [-0.2, 0) is 12.3 Å². The van der Waals surface area contributed by atoms with Crippen LogP contribution in [0.4, 0.5) is 0 Å². The minimum absolute atomic E-state index is 0.135. The highest BCUT2D eigenvalue weighted by atomic mass is 32.1. The van der Waals surface area contributed by atoms with Crippen molar-refractivity contribution >= 4 is 11.3 Å². The van der Waals surface area contributed by atoms with Gasteiger partial charge in [-0.2, -0.15) is 0 Å². The number of nitrogens with one attached hydrogen (secondary N) is 1. The molecule has 6 heteroatoms. The Balaban J connectivity index is 1.75. The van der Waals surface area contributed by atoms with Crippen LogP contribution in [-0.4, -0.2) is 40.1 Å². The van der Waals surface area contributed by atoms with Gasteiger partial charge in [-0.1, -0.05) is 31.4 Å². The maximum absolute atomic E-state index is 11.5. The summed E-state index contributed by atoms with van der Waals surface area (Å²) in [5.41, 5.74) is 4.01. The topological polar surface area (TPSA) is 61.3 Å². The van der Waals surface area contributed by atoms with Crippen LogP contribution < -0.4 is 5.32 Å². The van der Waals surface area contributed by atoms with Gasteiger partial charge in [-0.25, -0.2) is 4.98 Å². The first-order chi connectivity index (χ1) is 16.2. The van der Waals surface area contributed by atoms with E-state index in [0.29, 0.717) is 5.92 Å². The van der Waals surface area contributed by atoms with Gasteiger partial charge in [-0.05, 0) is 71.0 Å². The van der Waals surface area contributed by atoms with E-state index >= 15 is 0 Å². The maximum Gasteiger partial charge on any atom is 0.140 e. The van der Waals surface area contributed by atoms with Gasteiger partial charge in [-0.3, -0.25) is 10.3 Å². The number of hydrogen-bond acceptors (Lipinski definition) is 6. The summed E-state index contributed by atoms with van der Waals surface area (Å²) >= 11 is 1.78. The highest BCUT2D eigenvalue weighted by Crippen LogP contribution is 2.41. The highest BCUT2D eigenvalue weighted by molar-refractivity contribution is 7.15. The van der Waals surface area contributed by atoms with E-state index in [2.05, 4.69) is 67.4 Å². The lowest BCUT2D eigenvalue weighted by atomic mass is 9.90. The van der Waals surface area contributed by atoms with Crippen molar-refractivity contribution in [1.29, 1.82) is 0 Å². The molecule has 2 N–H and O–H groups in total. The number of benzene rings is 1. The molecule has 1 aliphatic rings. The van der Waals surface area contributed by atoms with Gasteiger partial charge in [0.15, 0.2) is 0 Å². The lowest BCUT2D eigenvalue weighted by Gasteiger charge is -2.30. The van der Waals surface area contributed by atoms with Crippen LogP contribution in [0.5, 0.6) is 0 Å². The number of aromatic nitrogens is 2. The average Bonchev–Trinajstić information content (AvgIpc) is 3.28. The molecule has 0 saturated heterocycles. The fourth-order valence-corrected chi connectivity index (χ4v) is 6.16. The Labute approximate surface area is 208 Å². The molecule has 5 nitrogen and oxygen atoms in total. The summed E-state index contributed by atoms with van der Waals surface area (Å²) in [6.45, 7) is 6.80. The largest absolute Gasteiger partial charge is 0.372 e. The Kier molecular flexibility index (Phi) is 7.83. The molecule has 3 aromatic rings. The van der Waals surface area contributed by atoms with Crippen LogP contribution in [0.15, 0.2) is 42.9 Å². The monoisotopic (exact) mass is 478 g/mol. The summed E-state index contributed by atoms with van der Waals surface area (Å²) in [4.78, 5) is 12.6. The van der Waals surface area contributed by atoms with Crippen LogP contribution in [0.25, 0.3) is 21.6 Å². The van der Waals surface area contributed by atoms with Crippen molar-refractivity contribution in [2.24, 2.45) is 0 Å². The molecular weight excluding hydrogens is 440 g/mol. The molecule has 0 spiro atoms. The van der Waals surface area contributed by atoms with Crippen molar-refractivity contribution in [2.75, 3.05) is 14.1 Å². The number of thiazole rings is 1. The molecule has 1 aromatic carbocycles. The first kappa shape index (κ1) is 25.0. The third-order valence-electron chi connectivity index (χ3n) is 6.48. The SMILES string of the molecule is CC(C)NC(C)(O)c1cc(-c2cncc(CN(C)C)c2)ccc1-c1cnc(C2CCCCC2)s1. The van der Waals surface area contributed by atoms with Crippen LogP contribution in [0, 0.1) is 0 Å². The Hall–Kier alpha value is -2.12. The Morgan fingerprint density at radius 3 is 2.56 bits per heavy atom. The Morgan fingerprint density at radius 2 is 1.85 bits per heavy atom. The van der Waals surface area contributed by atoms with Gasteiger partial charge < -0.3 is 10.0 Å². The Bertz CT molecular complexity index is 1100. The lowest BCUT2D eigenvalue weighted by Crippen LogP contribution is -2.43. The van der Waals surface area contributed by atoms with Crippen molar-refractivity contribution in [3.8, 4) is 21.6 Å². The molecule has 2 aromatic heterocycles. The first-order valence-corrected chi connectivity index (χ1v) is 13.2. The molecule has 0 amide bonds. The molecule has 1 aliphatic carbocycles. The zero-order valence-corrected chi connectivity index (χ0v) is 22.0. The molecule has 1 atom stereocenters. The first-order valence-electron chi connectivity index (χ1n) is 12.4. The smallest absolute Gasteiger partial charge is 0.140 e. The minimum Gasteiger partial charge on any atom is -0.372 e. The predicted molar refractivity (Wildman–Crippen MR) is 142 cm³/mol. The molecule has 1 fully saturated rings. The van der Waals surface area contributed by atoms with Gasteiger partial charge in [-0.15, -0.1) is 11.3 Å². The number of hydrogen-bond donors (Lipinski definition) is 2. The van der Waals surface area contributed by atoms with E-state index in [0.717, 1.165) is 33.7 Å². The summed E-state index contributed by atoms with van der Waals surface area (Å²) < 4.78 is 0. The van der Waals surface area contributed by atoms with Crippen molar-refractivity contribution in [2.45, 2.75) is 77.1 Å². The Morgan fingerprint density at radius 1 is 1.09 bits per heavy atom. The van der Waals surface area contributed by atoms with Crippen LogP contribution in [0.2, 0.25) is 0 Å². The second kappa shape index (κ2) is 10.6. The molecule has 34 heavy (non-hydrogen) atoms. The van der Waals surface area contributed by atoms with Gasteiger partial charge in [0.05, 0.1) is 9.88 Å². The zero-order chi connectivity index (χ0) is 24.3. The fourth-order valence-electron chi connectivity index (χ4n) is 5.03. The normalized spacial score (nSPS) is 16.8. The summed E-state index contributed by atoms with van der Waals surface area (Å²) in [6.07, 6.45) is 12.2. The number of aliphatic hydroxyl groups is 1. The summed E-state index contributed by atoms with van der Waals surface area (Å²) in [5, 5.41) is 16.1. The van der Waals surface area contributed by atoms with Gasteiger partial charge in [0.25, 0.3) is 0 Å². The van der Waals surface area contributed by atoms with E-state index in [-0.39, 0.29) is 6.04 Å². The third-order valence-corrected chi connectivity index (χ3v) is 7.68. The van der Waals surface area contributed by atoms with Crippen LogP contribution in [0.3, 0.4) is 0 Å². The van der Waals surface area contributed by atoms with E-state index in [4.69, 9.17) is 4.98 Å². The summed E-state index contributed by atoms with van der Waals surface area (Å²) in [6, 6.07) is 8.71. The van der Waals surface area contributed by atoms with Crippen molar-refractivity contribution < 1.29 is 5.11 Å². The van der Waals surface area contributed by atoms with Gasteiger partial charge in [0.1, 0.15) is 5.72 Å². The highest BCUT2D eigenvalue weighted by Gasteiger charge is 2.29. The molecule has 1 unspecified atom stereocenters. The second-order valence-corrected chi connectivity index (χ2v) is 11.4. The number of pyridine rings is 1. The molecule has 182 valence electrons. The quantitative estimate of drug-likeness (QED) is 0.381. The van der Waals surface area contributed by atoms with Crippen molar-refractivity contribution in [3.05, 3.63) is 59.0 Å². The van der Waals surface area contributed by atoms with Crippen molar-refractivity contribution in [1.82, 2.24) is 20.2 Å². The minimum atomic E-state index is -1.18. The zero-order valence-electron chi connectivity index (χ0n) is 21.1. The van der Waals surface area contributed by atoms with E-state index < -0.39 is 5.72 Å². The predicted octanol–water partition coefficient (Wildman–Crippen LogP) is 6.14. The molecule has 2 heterocycles. The van der Waals surface area contributed by atoms with Gasteiger partial charge in [0.2, 0.25) is 0 Å². The molecule has 0 aliphatic heterocycles. The molecule has 0 bridgehead atoms. The standard InChI is InChI=1S/C28H38N4OS/c1-19(2)31-28(3,33)25-14-22(23-13-20(15-29-16-23)18-32(4)5)11-12-24(25)26-17-30-27(34-26)21-9-7-6-8-10-21/h11-17,19,21,31,33H,6-10,18H2,1-5H3. The molecule has 0 radical (unpaired) electrons. The number of rotatable bonds is 8. The average molecular weight is 479 g/mol. The summed E-state index contributed by atoms with van der Waals surface area (Å²) in [5.74, 6) is 0.579. The fraction of sp³-hybridized carbons (Fsp3) is 0.500. The lowest BCUT2D eigenvalue weighted by molar-refractivity contribution is 0.0123. The van der Waals surface area contributed by atoms with E-state index in [1.807, 2.05) is 25.5 Å². The van der Waals surface area contributed by atoms with E-state index in [9.17, 15) is 5.11 Å². The van der Waals surface area contributed by atoms with E-state index in [1.54, 1.807) is 11.3 Å². The summed E-state index contributed by atoms with van der Waals surface area (Å²) in [7, 11) is 4.12. The molecular formula is C28H38N4OS. The van der Waals surface area contributed by atoms with E-state index in [1.165, 1.54) is 42.7 Å². The number of nitrogens with zero attached hydrogens (tertiary/aromatic N) is 3. The molecule has 1 saturated carbocycles. The van der Waals surface area contributed by atoms with Gasteiger partial charge >= 0.3 is 0 Å². The second-order valence-electron chi connectivity index (χ2n) is 10.3. The third kappa shape index (κ3) is 5.92. The van der Waals surface area contributed by atoms with Crippen LogP contribution in [0.1, 0.15) is 74.9 Å². The van der Waals surface area contributed by atoms with Crippen LogP contribution >= 0.6 is 11.3 Å². The maximum atomic E-state index is 11.5.